The average molecular weight is 486 g/mol. The van der Waals surface area contributed by atoms with E-state index in [0.717, 1.165) is 0 Å². The molecule has 2 N–H and O–H groups in total. The summed E-state index contributed by atoms with van der Waals surface area (Å²) in [4.78, 5) is 20.4. The van der Waals surface area contributed by atoms with E-state index in [1.807, 2.05) is 27.7 Å². The summed E-state index contributed by atoms with van der Waals surface area (Å²) >= 11 is 9.71. The van der Waals surface area contributed by atoms with Crippen LogP contribution in [-0.2, 0) is 17.7 Å². The van der Waals surface area contributed by atoms with E-state index in [1.54, 1.807) is 12.3 Å². The number of ether oxygens (including phenoxy) is 1. The number of alkyl carbamates (subject to hydrolysis) is 1. The molecule has 0 fully saturated rings. The van der Waals surface area contributed by atoms with Crippen LogP contribution in [0.15, 0.2) is 31.8 Å². The highest BCUT2D eigenvalue weighted by molar-refractivity contribution is 9.10. The molecule has 8 nitrogen and oxygen atoms in total. The van der Waals surface area contributed by atoms with E-state index in [4.69, 9.17) is 25.2 Å². The van der Waals surface area contributed by atoms with Crippen molar-refractivity contribution in [2.75, 3.05) is 5.32 Å². The van der Waals surface area contributed by atoms with Gasteiger partial charge in [-0.2, -0.15) is 0 Å². The molecule has 0 aromatic carbocycles. The predicted molar refractivity (Wildman–Crippen MR) is 113 cm³/mol. The Morgan fingerprint density at radius 3 is 2.83 bits per heavy atom. The van der Waals surface area contributed by atoms with E-state index in [9.17, 15) is 4.79 Å². The number of amides is 1. The van der Waals surface area contributed by atoms with Crippen molar-refractivity contribution in [1.29, 1.82) is 0 Å². The van der Waals surface area contributed by atoms with Crippen LogP contribution in [0.25, 0.3) is 11.1 Å². The number of nitrogens with one attached hydrogen (secondary N) is 2. The standard InChI is InChI=1S/C19H22BrClN4O4/c1-10(24-18(26)29-19(2,3)4)7-12-15(20)16-17(28-12)11(8-13(21)25-16)23-9-14-22-5-6-27-14/h5-6,8,10H,7,9H2,1-4H3,(H,23,25)(H,24,26). The lowest BCUT2D eigenvalue weighted by molar-refractivity contribution is 0.0507. The SMILES string of the molecule is CC(Cc1oc2c(NCc3ncco3)cc(Cl)nc2c1Br)NC(=O)OC(C)(C)C. The van der Waals surface area contributed by atoms with Gasteiger partial charge in [-0.05, 0) is 43.6 Å². The number of fused-ring (bicyclic) bond motifs is 1. The Labute approximate surface area is 181 Å². The van der Waals surface area contributed by atoms with E-state index < -0.39 is 11.7 Å². The highest BCUT2D eigenvalue weighted by Gasteiger charge is 2.22. The number of furan rings is 1. The molecule has 0 spiro atoms. The maximum atomic E-state index is 12.0. The topological polar surface area (TPSA) is 102 Å². The van der Waals surface area contributed by atoms with Crippen molar-refractivity contribution >= 4 is 50.4 Å². The lowest BCUT2D eigenvalue weighted by Gasteiger charge is -2.21. The van der Waals surface area contributed by atoms with E-state index in [2.05, 4.69) is 36.5 Å². The average Bonchev–Trinajstić information content (AvgIpc) is 3.21. The highest BCUT2D eigenvalue weighted by atomic mass is 79.9. The Kier molecular flexibility index (Phi) is 6.38. The molecule has 29 heavy (non-hydrogen) atoms. The first-order valence-corrected chi connectivity index (χ1v) is 10.2. The van der Waals surface area contributed by atoms with Crippen LogP contribution < -0.4 is 10.6 Å². The van der Waals surface area contributed by atoms with E-state index in [1.165, 1.54) is 6.26 Å². The van der Waals surface area contributed by atoms with Crippen molar-refractivity contribution < 1.29 is 18.4 Å². The summed E-state index contributed by atoms with van der Waals surface area (Å²) in [6.07, 6.45) is 3.04. The third kappa shape index (κ3) is 5.63. The first-order chi connectivity index (χ1) is 13.6. The number of aromatic nitrogens is 2. The Morgan fingerprint density at radius 1 is 1.41 bits per heavy atom. The predicted octanol–water partition coefficient (Wildman–Crippen LogP) is 5.30. The second-order valence-electron chi connectivity index (χ2n) is 7.54. The molecule has 10 heteroatoms. The Bertz CT molecular complexity index is 998. The Morgan fingerprint density at radius 2 is 2.17 bits per heavy atom. The summed E-state index contributed by atoms with van der Waals surface area (Å²) in [5.41, 5.74) is 1.24. The van der Waals surface area contributed by atoms with Gasteiger partial charge in [0.1, 0.15) is 28.3 Å². The molecule has 1 unspecified atom stereocenters. The number of carbonyl (C=O) groups is 1. The van der Waals surface area contributed by atoms with Crippen LogP contribution in [0.3, 0.4) is 0 Å². The van der Waals surface area contributed by atoms with Gasteiger partial charge < -0.3 is 24.2 Å². The van der Waals surface area contributed by atoms with Crippen molar-refractivity contribution in [3.63, 3.8) is 0 Å². The number of pyridine rings is 1. The molecule has 0 aliphatic heterocycles. The molecule has 3 rings (SSSR count). The molecule has 0 bridgehead atoms. The second kappa shape index (κ2) is 8.62. The summed E-state index contributed by atoms with van der Waals surface area (Å²) < 4.78 is 17.2. The third-order valence-corrected chi connectivity index (χ3v) is 4.80. The van der Waals surface area contributed by atoms with Crippen LogP contribution in [0.5, 0.6) is 0 Å². The number of rotatable bonds is 6. The molecular weight excluding hydrogens is 464 g/mol. The number of hydrogen-bond acceptors (Lipinski definition) is 7. The number of carbonyl (C=O) groups excluding carboxylic acids is 1. The number of halogens is 2. The van der Waals surface area contributed by atoms with Crippen molar-refractivity contribution in [3.05, 3.63) is 39.8 Å². The molecule has 3 aromatic rings. The molecule has 3 heterocycles. The molecule has 0 saturated heterocycles. The fourth-order valence-corrected chi connectivity index (χ4v) is 3.37. The minimum atomic E-state index is -0.562. The van der Waals surface area contributed by atoms with Gasteiger partial charge in [0.2, 0.25) is 5.89 Å². The van der Waals surface area contributed by atoms with Crippen molar-refractivity contribution in [2.45, 2.75) is 52.3 Å². The lowest BCUT2D eigenvalue weighted by atomic mass is 10.2. The van der Waals surface area contributed by atoms with Crippen LogP contribution in [0, 0.1) is 0 Å². The van der Waals surface area contributed by atoms with Crippen LogP contribution >= 0.6 is 27.5 Å². The fraction of sp³-hybridized carbons (Fsp3) is 0.421. The first kappa shape index (κ1) is 21.4. The molecule has 0 saturated carbocycles. The number of oxazole rings is 1. The number of anilines is 1. The van der Waals surface area contributed by atoms with E-state index in [0.29, 0.717) is 51.0 Å². The van der Waals surface area contributed by atoms with Crippen LogP contribution in [0.4, 0.5) is 10.5 Å². The zero-order chi connectivity index (χ0) is 21.2. The molecule has 156 valence electrons. The maximum absolute atomic E-state index is 12.0. The minimum absolute atomic E-state index is 0.221. The second-order valence-corrected chi connectivity index (χ2v) is 8.72. The monoisotopic (exact) mass is 484 g/mol. The maximum Gasteiger partial charge on any atom is 0.407 e. The molecule has 0 radical (unpaired) electrons. The quantitative estimate of drug-likeness (QED) is 0.457. The molecule has 3 aromatic heterocycles. The van der Waals surface area contributed by atoms with Gasteiger partial charge in [0.15, 0.2) is 5.58 Å². The normalized spacial score (nSPS) is 12.8. The zero-order valence-corrected chi connectivity index (χ0v) is 18.8. The van der Waals surface area contributed by atoms with Gasteiger partial charge in [-0.15, -0.1) is 0 Å². The Balaban J connectivity index is 1.77. The third-order valence-electron chi connectivity index (χ3n) is 3.79. The minimum Gasteiger partial charge on any atom is -0.456 e. The van der Waals surface area contributed by atoms with Crippen molar-refractivity contribution in [2.24, 2.45) is 0 Å². The van der Waals surface area contributed by atoms with Gasteiger partial charge in [-0.3, -0.25) is 0 Å². The van der Waals surface area contributed by atoms with Gasteiger partial charge in [0, 0.05) is 18.5 Å². The molecule has 0 aliphatic carbocycles. The van der Waals surface area contributed by atoms with Gasteiger partial charge in [-0.25, -0.2) is 14.8 Å². The van der Waals surface area contributed by atoms with E-state index in [-0.39, 0.29) is 6.04 Å². The lowest BCUT2D eigenvalue weighted by Crippen LogP contribution is -2.38. The van der Waals surface area contributed by atoms with Crippen molar-refractivity contribution in [1.82, 2.24) is 15.3 Å². The summed E-state index contributed by atoms with van der Waals surface area (Å²) in [5.74, 6) is 1.17. The Hall–Kier alpha value is -2.26. The number of hydrogen-bond donors (Lipinski definition) is 2. The van der Waals surface area contributed by atoms with Crippen molar-refractivity contribution in [3.8, 4) is 0 Å². The smallest absolute Gasteiger partial charge is 0.407 e. The largest absolute Gasteiger partial charge is 0.456 e. The fourth-order valence-electron chi connectivity index (χ4n) is 2.67. The summed E-state index contributed by atoms with van der Waals surface area (Å²) in [6, 6.07) is 1.45. The summed E-state index contributed by atoms with van der Waals surface area (Å²) in [6.45, 7) is 7.68. The van der Waals surface area contributed by atoms with Crippen LogP contribution in [0.2, 0.25) is 5.15 Å². The van der Waals surface area contributed by atoms with E-state index >= 15 is 0 Å². The van der Waals surface area contributed by atoms with Gasteiger partial charge in [0.05, 0.1) is 22.9 Å². The van der Waals surface area contributed by atoms with Gasteiger partial charge >= 0.3 is 6.09 Å². The molecule has 0 aliphatic rings. The van der Waals surface area contributed by atoms with Crippen LogP contribution in [-0.4, -0.2) is 27.7 Å². The molecule has 1 amide bonds. The summed E-state index contributed by atoms with van der Waals surface area (Å²) in [7, 11) is 0. The van der Waals surface area contributed by atoms with Gasteiger partial charge in [0.25, 0.3) is 0 Å². The molecule has 1 atom stereocenters. The highest BCUT2D eigenvalue weighted by Crippen LogP contribution is 2.36. The van der Waals surface area contributed by atoms with Gasteiger partial charge in [-0.1, -0.05) is 11.6 Å². The van der Waals surface area contributed by atoms with Crippen LogP contribution in [0.1, 0.15) is 39.3 Å². The zero-order valence-electron chi connectivity index (χ0n) is 16.5. The molecular formula is C19H22BrClN4O4. The summed E-state index contributed by atoms with van der Waals surface area (Å²) in [5, 5.41) is 6.32. The number of nitrogens with zero attached hydrogens (tertiary/aromatic N) is 2. The first-order valence-electron chi connectivity index (χ1n) is 9.01.